The number of carbonyl (C=O) groups excluding carboxylic acids is 2. The van der Waals surface area contributed by atoms with E-state index >= 15 is 0 Å². The highest BCUT2D eigenvalue weighted by Crippen LogP contribution is 2.45. The highest BCUT2D eigenvalue weighted by Gasteiger charge is 2.39. The summed E-state index contributed by atoms with van der Waals surface area (Å²) in [6.45, 7) is 14.9. The maximum Gasteiger partial charge on any atom is 0.250 e. The third-order valence-corrected chi connectivity index (χ3v) is 9.91. The van der Waals surface area contributed by atoms with Gasteiger partial charge in [-0.1, -0.05) is 41.1 Å². The Balaban J connectivity index is 1.50. The first-order chi connectivity index (χ1) is 21.7. The number of benzene rings is 3. The smallest absolute Gasteiger partial charge is 0.250 e. The SMILES string of the molecule is CC(=O)[C@@H](OC(C)(C)C)c1c(C)cc2nc(N3CCN(C(C)C)C(c4ccc5c(cnn5C)c4)C3=O)sc2c1-c1ccc(Cl)cc1. The molecule has 1 aliphatic rings. The highest BCUT2D eigenvalue weighted by molar-refractivity contribution is 7.23. The predicted molar refractivity (Wildman–Crippen MR) is 187 cm³/mol. The van der Waals surface area contributed by atoms with Crippen LogP contribution in [0.4, 0.5) is 5.13 Å². The number of aromatic nitrogens is 3. The Morgan fingerprint density at radius 1 is 1.09 bits per heavy atom. The predicted octanol–water partition coefficient (Wildman–Crippen LogP) is 8.06. The minimum Gasteiger partial charge on any atom is -0.360 e. The number of fused-ring (bicyclic) bond motifs is 2. The lowest BCUT2D eigenvalue weighted by molar-refractivity contribution is -0.138. The van der Waals surface area contributed by atoms with E-state index in [4.69, 9.17) is 21.3 Å². The van der Waals surface area contributed by atoms with Crippen molar-refractivity contribution in [2.75, 3.05) is 18.0 Å². The number of hydrogen-bond donors (Lipinski definition) is 0. The van der Waals surface area contributed by atoms with E-state index in [1.54, 1.807) is 6.92 Å². The monoisotopic (exact) mass is 657 g/mol. The number of piperazine rings is 1. The van der Waals surface area contributed by atoms with Gasteiger partial charge in [0, 0.05) is 47.7 Å². The molecule has 0 bridgehead atoms. The number of thiazole rings is 1. The number of amides is 1. The molecule has 2 atom stereocenters. The summed E-state index contributed by atoms with van der Waals surface area (Å²) in [7, 11) is 1.92. The van der Waals surface area contributed by atoms with Gasteiger partial charge < -0.3 is 4.74 Å². The molecular weight excluding hydrogens is 618 g/mol. The van der Waals surface area contributed by atoms with E-state index in [1.807, 2.05) is 93.0 Å². The van der Waals surface area contributed by atoms with E-state index in [0.29, 0.717) is 23.2 Å². The van der Waals surface area contributed by atoms with Gasteiger partial charge in [-0.3, -0.25) is 24.1 Å². The van der Waals surface area contributed by atoms with Gasteiger partial charge in [0.05, 0.1) is 27.5 Å². The normalized spacial score (nSPS) is 17.0. The van der Waals surface area contributed by atoms with E-state index < -0.39 is 17.7 Å². The Bertz CT molecular complexity index is 1960. The van der Waals surface area contributed by atoms with Crippen molar-refractivity contribution < 1.29 is 14.3 Å². The van der Waals surface area contributed by atoms with Crippen molar-refractivity contribution >= 4 is 60.9 Å². The number of ether oxygens (including phenoxy) is 1. The van der Waals surface area contributed by atoms with Crippen LogP contribution in [0.15, 0.2) is 54.7 Å². The molecule has 46 heavy (non-hydrogen) atoms. The number of carbonyl (C=O) groups is 2. The molecule has 3 aromatic carbocycles. The van der Waals surface area contributed by atoms with Crippen LogP contribution in [-0.4, -0.2) is 56.1 Å². The van der Waals surface area contributed by atoms with Gasteiger partial charge in [-0.25, -0.2) is 4.98 Å². The zero-order valence-corrected chi connectivity index (χ0v) is 29.2. The zero-order chi connectivity index (χ0) is 33.1. The van der Waals surface area contributed by atoms with Gasteiger partial charge in [-0.15, -0.1) is 0 Å². The van der Waals surface area contributed by atoms with Crippen LogP contribution in [-0.2, 0) is 21.4 Å². The largest absolute Gasteiger partial charge is 0.360 e. The van der Waals surface area contributed by atoms with Crippen LogP contribution in [0.2, 0.25) is 5.02 Å². The van der Waals surface area contributed by atoms with E-state index in [9.17, 15) is 9.59 Å². The molecule has 1 fully saturated rings. The van der Waals surface area contributed by atoms with Crippen LogP contribution in [0.5, 0.6) is 0 Å². The minimum absolute atomic E-state index is 0.00934. The number of nitrogens with zero attached hydrogens (tertiary/aromatic N) is 5. The molecule has 1 unspecified atom stereocenters. The third kappa shape index (κ3) is 5.97. The van der Waals surface area contributed by atoms with E-state index in [1.165, 1.54) is 11.3 Å². The standard InChI is InChI=1S/C36H40ClN5O3S/c1-20(2)41-15-16-42(34(44)31(41)24-11-14-28-25(18-24)19-38-40(28)8)35-39-27-17-21(3)29(32(22(4)43)45-36(5,6)7)30(33(27)46-35)23-9-12-26(37)13-10-23/h9-14,17-20,31-32H,15-16H2,1-8H3/t31?,32-/m1/s1. The second kappa shape index (κ2) is 12.2. The number of rotatable bonds is 7. The molecule has 1 amide bonds. The number of Topliss-reactive ketones (excluding diaryl/α,β-unsaturated/α-hetero) is 1. The first-order valence-electron chi connectivity index (χ1n) is 15.6. The molecule has 8 nitrogen and oxygen atoms in total. The second-order valence-corrected chi connectivity index (χ2v) is 14.8. The first kappa shape index (κ1) is 32.3. The zero-order valence-electron chi connectivity index (χ0n) is 27.6. The fourth-order valence-electron chi connectivity index (χ4n) is 6.43. The van der Waals surface area contributed by atoms with Crippen LogP contribution in [0.3, 0.4) is 0 Å². The lowest BCUT2D eigenvalue weighted by Crippen LogP contribution is -2.54. The molecule has 0 aliphatic carbocycles. The van der Waals surface area contributed by atoms with Gasteiger partial charge in [0.25, 0.3) is 5.91 Å². The summed E-state index contributed by atoms with van der Waals surface area (Å²) >= 11 is 7.78. The maximum atomic E-state index is 14.5. The maximum absolute atomic E-state index is 14.5. The highest BCUT2D eigenvalue weighted by atomic mass is 35.5. The fourth-order valence-corrected chi connectivity index (χ4v) is 7.71. The average Bonchev–Trinajstić information content (AvgIpc) is 3.57. The number of anilines is 1. The molecule has 5 aromatic rings. The van der Waals surface area contributed by atoms with Crippen molar-refractivity contribution in [2.45, 2.75) is 72.3 Å². The first-order valence-corrected chi connectivity index (χ1v) is 16.8. The Kier molecular flexibility index (Phi) is 8.56. The van der Waals surface area contributed by atoms with E-state index in [2.05, 4.69) is 29.9 Å². The molecule has 0 N–H and O–H groups in total. The lowest BCUT2D eigenvalue weighted by Gasteiger charge is -2.42. The Morgan fingerprint density at radius 2 is 1.80 bits per heavy atom. The van der Waals surface area contributed by atoms with E-state index in [-0.39, 0.29) is 17.7 Å². The summed E-state index contributed by atoms with van der Waals surface area (Å²) in [5.41, 5.74) is 5.68. The van der Waals surface area contributed by atoms with E-state index in [0.717, 1.165) is 48.9 Å². The molecule has 6 rings (SSSR count). The molecule has 2 aromatic heterocycles. The average molecular weight is 658 g/mol. The van der Waals surface area contributed by atoms with Gasteiger partial charge in [-0.2, -0.15) is 5.10 Å². The van der Waals surface area contributed by atoms with Crippen LogP contribution >= 0.6 is 22.9 Å². The van der Waals surface area contributed by atoms with Crippen molar-refractivity contribution in [1.82, 2.24) is 19.7 Å². The molecular formula is C36H40ClN5O3S. The summed E-state index contributed by atoms with van der Waals surface area (Å²) in [5.74, 6) is -0.0874. The topological polar surface area (TPSA) is 80.6 Å². The second-order valence-electron chi connectivity index (χ2n) is 13.4. The molecule has 0 saturated carbocycles. The minimum atomic E-state index is -0.774. The van der Waals surface area contributed by atoms with Gasteiger partial charge in [0.15, 0.2) is 10.9 Å². The molecule has 1 aliphatic heterocycles. The summed E-state index contributed by atoms with van der Waals surface area (Å²) in [6, 6.07) is 15.5. The number of hydrogen-bond acceptors (Lipinski definition) is 7. The molecule has 10 heteroatoms. The van der Waals surface area contributed by atoms with Crippen molar-refractivity contribution in [3.05, 3.63) is 76.4 Å². The summed E-state index contributed by atoms with van der Waals surface area (Å²) in [5, 5.41) is 6.66. The van der Waals surface area contributed by atoms with Gasteiger partial charge in [-0.05, 0) is 95.5 Å². The fraction of sp³-hybridized carbons (Fsp3) is 0.389. The van der Waals surface area contributed by atoms with Gasteiger partial charge in [0.2, 0.25) is 0 Å². The molecule has 0 spiro atoms. The lowest BCUT2D eigenvalue weighted by atomic mass is 9.90. The van der Waals surface area contributed by atoms with Crippen LogP contribution in [0.1, 0.15) is 70.4 Å². The number of aryl methyl sites for hydroxylation is 2. The Hall–Kier alpha value is -3.63. The molecule has 3 heterocycles. The van der Waals surface area contributed by atoms with Gasteiger partial charge >= 0.3 is 0 Å². The Morgan fingerprint density at radius 3 is 2.46 bits per heavy atom. The quantitative estimate of drug-likeness (QED) is 0.176. The number of halogens is 1. The van der Waals surface area contributed by atoms with Crippen LogP contribution < -0.4 is 4.90 Å². The Labute approximate surface area is 278 Å². The molecule has 0 radical (unpaired) electrons. The van der Waals surface area contributed by atoms with Crippen LogP contribution in [0.25, 0.3) is 32.2 Å². The van der Waals surface area contributed by atoms with Crippen molar-refractivity contribution in [2.24, 2.45) is 7.05 Å². The van der Waals surface area contributed by atoms with Crippen molar-refractivity contribution in [1.29, 1.82) is 0 Å². The molecule has 240 valence electrons. The summed E-state index contributed by atoms with van der Waals surface area (Å²) in [4.78, 5) is 36.8. The number of ketones is 1. The van der Waals surface area contributed by atoms with Crippen molar-refractivity contribution in [3.63, 3.8) is 0 Å². The third-order valence-electron chi connectivity index (χ3n) is 8.55. The molecule has 1 saturated heterocycles. The summed E-state index contributed by atoms with van der Waals surface area (Å²) in [6.07, 6.45) is 1.07. The van der Waals surface area contributed by atoms with Gasteiger partial charge in [0.1, 0.15) is 12.1 Å². The van der Waals surface area contributed by atoms with Crippen molar-refractivity contribution in [3.8, 4) is 11.1 Å². The summed E-state index contributed by atoms with van der Waals surface area (Å²) < 4.78 is 9.14. The van der Waals surface area contributed by atoms with Crippen LogP contribution in [0, 0.1) is 6.92 Å².